The lowest BCUT2D eigenvalue weighted by Crippen LogP contribution is -2.49. The van der Waals surface area contributed by atoms with Gasteiger partial charge in [-0.2, -0.15) is 4.31 Å². The Labute approximate surface area is 166 Å². The van der Waals surface area contributed by atoms with Crippen molar-refractivity contribution >= 4 is 15.8 Å². The normalized spacial score (nSPS) is 15.6. The number of imidazole rings is 1. The number of hydrogen-bond acceptors (Lipinski definition) is 6. The SMILES string of the molecule is Cc1nccn1-c1cc(N2CCN(S(=O)(=O)c3c(F)cccc3F)CC2)ncn1. The lowest BCUT2D eigenvalue weighted by atomic mass is 10.3. The molecule has 3 aromatic rings. The number of aryl methyl sites for hydroxylation is 1. The summed E-state index contributed by atoms with van der Waals surface area (Å²) in [7, 11) is -4.27. The van der Waals surface area contributed by atoms with Gasteiger partial charge in [0.1, 0.15) is 35.4 Å². The minimum absolute atomic E-state index is 0.0829. The minimum atomic E-state index is -4.27. The van der Waals surface area contributed by atoms with Gasteiger partial charge in [-0.25, -0.2) is 32.2 Å². The van der Waals surface area contributed by atoms with Crippen molar-refractivity contribution in [1.29, 1.82) is 0 Å². The Bertz CT molecular complexity index is 1120. The Morgan fingerprint density at radius 3 is 2.24 bits per heavy atom. The Kier molecular flexibility index (Phi) is 5.01. The van der Waals surface area contributed by atoms with Gasteiger partial charge < -0.3 is 4.90 Å². The summed E-state index contributed by atoms with van der Waals surface area (Å²) in [5, 5.41) is 0. The molecule has 152 valence electrons. The first kappa shape index (κ1) is 19.4. The summed E-state index contributed by atoms with van der Waals surface area (Å²) >= 11 is 0. The first-order valence-corrected chi connectivity index (χ1v) is 10.3. The molecule has 0 unspecified atom stereocenters. The number of anilines is 1. The van der Waals surface area contributed by atoms with Crippen LogP contribution in [0, 0.1) is 18.6 Å². The molecular formula is C18H18F2N6O2S. The van der Waals surface area contributed by atoms with Gasteiger partial charge in [-0.3, -0.25) is 4.57 Å². The van der Waals surface area contributed by atoms with E-state index >= 15 is 0 Å². The monoisotopic (exact) mass is 420 g/mol. The molecule has 1 saturated heterocycles. The average molecular weight is 420 g/mol. The van der Waals surface area contributed by atoms with Crippen molar-refractivity contribution in [3.63, 3.8) is 0 Å². The molecule has 1 aromatic carbocycles. The fourth-order valence-electron chi connectivity index (χ4n) is 3.28. The number of benzene rings is 1. The molecule has 11 heteroatoms. The van der Waals surface area contributed by atoms with Crippen LogP contribution in [0.1, 0.15) is 5.82 Å². The fraction of sp³-hybridized carbons (Fsp3) is 0.278. The predicted molar refractivity (Wildman–Crippen MR) is 101 cm³/mol. The zero-order chi connectivity index (χ0) is 20.6. The average Bonchev–Trinajstić information content (AvgIpc) is 3.14. The molecule has 1 aliphatic rings. The van der Waals surface area contributed by atoms with Gasteiger partial charge in [-0.05, 0) is 19.1 Å². The third-order valence-corrected chi connectivity index (χ3v) is 6.74. The molecule has 0 radical (unpaired) electrons. The van der Waals surface area contributed by atoms with Gasteiger partial charge in [0, 0.05) is 44.6 Å². The number of sulfonamides is 1. The first-order valence-electron chi connectivity index (χ1n) is 8.89. The van der Waals surface area contributed by atoms with E-state index in [0.717, 1.165) is 28.3 Å². The molecule has 4 rings (SSSR count). The number of halogens is 2. The smallest absolute Gasteiger partial charge is 0.249 e. The van der Waals surface area contributed by atoms with E-state index in [-0.39, 0.29) is 13.1 Å². The second-order valence-electron chi connectivity index (χ2n) is 6.52. The van der Waals surface area contributed by atoms with Crippen LogP contribution in [0.15, 0.2) is 47.9 Å². The van der Waals surface area contributed by atoms with Crippen molar-refractivity contribution in [2.75, 3.05) is 31.1 Å². The molecule has 0 spiro atoms. The Balaban J connectivity index is 1.52. The lowest BCUT2D eigenvalue weighted by molar-refractivity contribution is 0.377. The van der Waals surface area contributed by atoms with Crippen molar-refractivity contribution in [1.82, 2.24) is 23.8 Å². The summed E-state index contributed by atoms with van der Waals surface area (Å²) in [6, 6.07) is 4.80. The summed E-state index contributed by atoms with van der Waals surface area (Å²) in [6.07, 6.45) is 4.89. The first-order chi connectivity index (χ1) is 13.9. The Morgan fingerprint density at radius 2 is 1.62 bits per heavy atom. The van der Waals surface area contributed by atoms with Crippen LogP contribution >= 0.6 is 0 Å². The highest BCUT2D eigenvalue weighted by atomic mass is 32.2. The van der Waals surface area contributed by atoms with Crippen LogP contribution in [-0.2, 0) is 10.0 Å². The molecular weight excluding hydrogens is 402 g/mol. The van der Waals surface area contributed by atoms with Gasteiger partial charge in [0.25, 0.3) is 0 Å². The van der Waals surface area contributed by atoms with E-state index in [1.807, 2.05) is 16.4 Å². The van der Waals surface area contributed by atoms with Gasteiger partial charge in [0.15, 0.2) is 4.90 Å². The maximum Gasteiger partial charge on any atom is 0.249 e. The van der Waals surface area contributed by atoms with E-state index in [0.29, 0.717) is 24.7 Å². The van der Waals surface area contributed by atoms with Crippen molar-refractivity contribution in [3.05, 3.63) is 60.4 Å². The van der Waals surface area contributed by atoms with E-state index in [1.54, 1.807) is 18.5 Å². The van der Waals surface area contributed by atoms with Gasteiger partial charge in [0.2, 0.25) is 10.0 Å². The highest BCUT2D eigenvalue weighted by Crippen LogP contribution is 2.25. The third kappa shape index (κ3) is 3.58. The number of piperazine rings is 1. The van der Waals surface area contributed by atoms with Crippen LogP contribution in [0.4, 0.5) is 14.6 Å². The summed E-state index contributed by atoms with van der Waals surface area (Å²) in [6.45, 7) is 2.68. The van der Waals surface area contributed by atoms with Crippen LogP contribution in [0.5, 0.6) is 0 Å². The van der Waals surface area contributed by atoms with Crippen LogP contribution < -0.4 is 4.90 Å². The molecule has 3 heterocycles. The molecule has 2 aromatic heterocycles. The van der Waals surface area contributed by atoms with Crippen LogP contribution in [0.3, 0.4) is 0 Å². The number of aromatic nitrogens is 4. The van der Waals surface area contributed by atoms with Crippen molar-refractivity contribution < 1.29 is 17.2 Å². The topological polar surface area (TPSA) is 84.2 Å². The second kappa shape index (κ2) is 7.48. The standard InChI is InChI=1S/C18H18F2N6O2S/c1-13-21-5-6-26(13)17-11-16(22-12-23-17)24-7-9-25(10-8-24)29(27,28)18-14(19)3-2-4-15(18)20/h2-6,11-12H,7-10H2,1H3. The van der Waals surface area contributed by atoms with E-state index in [4.69, 9.17) is 0 Å². The van der Waals surface area contributed by atoms with Crippen molar-refractivity contribution in [2.45, 2.75) is 11.8 Å². The van der Waals surface area contributed by atoms with E-state index in [2.05, 4.69) is 15.0 Å². The van der Waals surface area contributed by atoms with Crippen LogP contribution in [0.25, 0.3) is 5.82 Å². The molecule has 0 saturated carbocycles. The lowest BCUT2D eigenvalue weighted by Gasteiger charge is -2.34. The number of nitrogens with zero attached hydrogens (tertiary/aromatic N) is 6. The van der Waals surface area contributed by atoms with E-state index < -0.39 is 26.6 Å². The molecule has 29 heavy (non-hydrogen) atoms. The summed E-state index contributed by atoms with van der Waals surface area (Å²) in [5.41, 5.74) is 0. The van der Waals surface area contributed by atoms with E-state index in [9.17, 15) is 17.2 Å². The highest BCUT2D eigenvalue weighted by Gasteiger charge is 2.33. The summed E-state index contributed by atoms with van der Waals surface area (Å²) in [5.74, 6) is -0.129. The molecule has 0 amide bonds. The summed E-state index contributed by atoms with van der Waals surface area (Å²) in [4.78, 5) is 13.7. The van der Waals surface area contributed by atoms with Gasteiger partial charge >= 0.3 is 0 Å². The van der Waals surface area contributed by atoms with Gasteiger partial charge in [0.05, 0.1) is 0 Å². The van der Waals surface area contributed by atoms with Crippen molar-refractivity contribution in [2.24, 2.45) is 0 Å². The number of rotatable bonds is 4. The largest absolute Gasteiger partial charge is 0.354 e. The molecule has 0 aliphatic carbocycles. The molecule has 8 nitrogen and oxygen atoms in total. The zero-order valence-corrected chi connectivity index (χ0v) is 16.4. The highest BCUT2D eigenvalue weighted by molar-refractivity contribution is 7.89. The van der Waals surface area contributed by atoms with Gasteiger partial charge in [-0.1, -0.05) is 6.07 Å². The third-order valence-electron chi connectivity index (χ3n) is 4.79. The Hall–Kier alpha value is -2.92. The predicted octanol–water partition coefficient (Wildman–Crippen LogP) is 1.76. The minimum Gasteiger partial charge on any atom is -0.354 e. The molecule has 1 aliphatic heterocycles. The second-order valence-corrected chi connectivity index (χ2v) is 8.40. The summed E-state index contributed by atoms with van der Waals surface area (Å²) < 4.78 is 56.3. The van der Waals surface area contributed by atoms with Gasteiger partial charge in [-0.15, -0.1) is 0 Å². The van der Waals surface area contributed by atoms with Crippen LogP contribution in [0.2, 0.25) is 0 Å². The fourth-order valence-corrected chi connectivity index (χ4v) is 4.81. The molecule has 1 fully saturated rings. The maximum atomic E-state index is 14.0. The number of hydrogen-bond donors (Lipinski definition) is 0. The zero-order valence-electron chi connectivity index (χ0n) is 15.5. The maximum absolute atomic E-state index is 14.0. The molecule has 0 bridgehead atoms. The van der Waals surface area contributed by atoms with Crippen molar-refractivity contribution in [3.8, 4) is 5.82 Å². The van der Waals surface area contributed by atoms with E-state index in [1.165, 1.54) is 6.33 Å². The van der Waals surface area contributed by atoms with Crippen LogP contribution in [-0.4, -0.2) is 58.4 Å². The molecule has 0 N–H and O–H groups in total. The Morgan fingerprint density at radius 1 is 0.966 bits per heavy atom. The molecule has 0 atom stereocenters. The quantitative estimate of drug-likeness (QED) is 0.640.